The number of benzene rings is 2. The normalized spacial score (nSPS) is 13.3. The molecule has 0 aliphatic carbocycles. The third kappa shape index (κ3) is 1.87. The largest absolute Gasteiger partial charge is 0.478 e. The molecule has 1 heterocycles. The molecular formula is C15H13FN2O2. The highest BCUT2D eigenvalue weighted by Gasteiger charge is 2.24. The molecule has 0 atom stereocenters. The highest BCUT2D eigenvalue weighted by Crippen LogP contribution is 2.37. The number of hydrogen-bond donors (Lipinski definition) is 2. The molecule has 0 bridgehead atoms. The first-order valence-corrected chi connectivity index (χ1v) is 6.25. The molecule has 0 unspecified atom stereocenters. The second-order valence-corrected chi connectivity index (χ2v) is 4.73. The number of nitrogen functional groups attached to an aromatic ring is 1. The standard InChI is InChI=1S/C15H13FN2O2/c16-11-8-12(17)10(15(19)20)7-14(11)18-6-5-9-3-1-2-4-13(9)18/h1-4,7-8H,5-6,17H2,(H,19,20). The molecule has 0 amide bonds. The molecule has 3 N–H and O–H groups in total. The van der Waals surface area contributed by atoms with Crippen LogP contribution in [0.3, 0.4) is 0 Å². The maximum atomic E-state index is 14.1. The van der Waals surface area contributed by atoms with E-state index >= 15 is 0 Å². The number of anilines is 3. The molecular weight excluding hydrogens is 259 g/mol. The van der Waals surface area contributed by atoms with Crippen molar-refractivity contribution in [3.05, 3.63) is 53.3 Å². The monoisotopic (exact) mass is 272 g/mol. The lowest BCUT2D eigenvalue weighted by Crippen LogP contribution is -2.16. The molecule has 0 saturated carbocycles. The third-order valence-electron chi connectivity index (χ3n) is 3.53. The number of carboxylic acids is 1. The number of para-hydroxylation sites is 1. The predicted molar refractivity (Wildman–Crippen MR) is 74.9 cm³/mol. The first-order valence-electron chi connectivity index (χ1n) is 6.25. The molecule has 0 fully saturated rings. The van der Waals surface area contributed by atoms with Crippen LogP contribution in [0.4, 0.5) is 21.5 Å². The van der Waals surface area contributed by atoms with Gasteiger partial charge in [-0.2, -0.15) is 0 Å². The highest BCUT2D eigenvalue weighted by atomic mass is 19.1. The van der Waals surface area contributed by atoms with Gasteiger partial charge in [0.05, 0.1) is 11.3 Å². The van der Waals surface area contributed by atoms with E-state index in [9.17, 15) is 9.18 Å². The fraction of sp³-hybridized carbons (Fsp3) is 0.133. The Bertz CT molecular complexity index is 700. The molecule has 1 aliphatic heterocycles. The molecule has 0 aromatic heterocycles. The topological polar surface area (TPSA) is 66.6 Å². The smallest absolute Gasteiger partial charge is 0.337 e. The maximum Gasteiger partial charge on any atom is 0.337 e. The molecule has 20 heavy (non-hydrogen) atoms. The Morgan fingerprint density at radius 3 is 2.75 bits per heavy atom. The van der Waals surface area contributed by atoms with E-state index in [0.29, 0.717) is 6.54 Å². The third-order valence-corrected chi connectivity index (χ3v) is 3.53. The van der Waals surface area contributed by atoms with Crippen LogP contribution in [0, 0.1) is 5.82 Å². The van der Waals surface area contributed by atoms with Crippen LogP contribution in [-0.2, 0) is 6.42 Å². The summed E-state index contributed by atoms with van der Waals surface area (Å²) in [6, 6.07) is 10.1. The first kappa shape index (κ1) is 12.5. The first-order chi connectivity index (χ1) is 9.58. The second kappa shape index (κ2) is 4.52. The Balaban J connectivity index is 2.12. The van der Waals surface area contributed by atoms with Gasteiger partial charge in [0.1, 0.15) is 5.82 Å². The summed E-state index contributed by atoms with van der Waals surface area (Å²) in [5, 5.41) is 9.10. The van der Waals surface area contributed by atoms with E-state index in [1.807, 2.05) is 24.3 Å². The Labute approximate surface area is 115 Å². The zero-order valence-corrected chi connectivity index (χ0v) is 10.6. The molecule has 102 valence electrons. The van der Waals surface area contributed by atoms with Gasteiger partial charge in [-0.15, -0.1) is 0 Å². The summed E-state index contributed by atoms with van der Waals surface area (Å²) in [5.41, 5.74) is 7.69. The van der Waals surface area contributed by atoms with E-state index in [-0.39, 0.29) is 16.9 Å². The number of aromatic carboxylic acids is 1. The fourth-order valence-corrected chi connectivity index (χ4v) is 2.56. The van der Waals surface area contributed by atoms with Gasteiger partial charge in [0.2, 0.25) is 0 Å². The van der Waals surface area contributed by atoms with E-state index in [0.717, 1.165) is 23.7 Å². The Morgan fingerprint density at radius 1 is 1.25 bits per heavy atom. The van der Waals surface area contributed by atoms with Crippen LogP contribution < -0.4 is 10.6 Å². The zero-order valence-electron chi connectivity index (χ0n) is 10.6. The van der Waals surface area contributed by atoms with Crippen molar-refractivity contribution in [3.63, 3.8) is 0 Å². The molecule has 2 aromatic rings. The van der Waals surface area contributed by atoms with Crippen LogP contribution in [0.25, 0.3) is 0 Å². The second-order valence-electron chi connectivity index (χ2n) is 4.73. The van der Waals surface area contributed by atoms with Gasteiger partial charge < -0.3 is 15.7 Å². The Hall–Kier alpha value is -2.56. The van der Waals surface area contributed by atoms with Gasteiger partial charge in [-0.1, -0.05) is 18.2 Å². The number of nitrogens with two attached hydrogens (primary N) is 1. The van der Waals surface area contributed by atoms with Gasteiger partial charge in [0.15, 0.2) is 0 Å². The van der Waals surface area contributed by atoms with Crippen LogP contribution >= 0.6 is 0 Å². The van der Waals surface area contributed by atoms with Crippen LogP contribution in [0.15, 0.2) is 36.4 Å². The lowest BCUT2D eigenvalue weighted by molar-refractivity contribution is 0.0698. The van der Waals surface area contributed by atoms with Crippen LogP contribution in [0.5, 0.6) is 0 Å². The van der Waals surface area contributed by atoms with Crippen molar-refractivity contribution in [1.29, 1.82) is 0 Å². The zero-order chi connectivity index (χ0) is 14.3. The number of rotatable bonds is 2. The summed E-state index contributed by atoms with van der Waals surface area (Å²) in [6.07, 6.45) is 0.808. The number of carboxylic acid groups (broad SMARTS) is 1. The lowest BCUT2D eigenvalue weighted by atomic mass is 10.1. The number of halogens is 1. The van der Waals surface area contributed by atoms with Gasteiger partial charge in [0, 0.05) is 17.9 Å². The van der Waals surface area contributed by atoms with E-state index in [2.05, 4.69) is 0 Å². The number of fused-ring (bicyclic) bond motifs is 1. The minimum atomic E-state index is -1.16. The van der Waals surface area contributed by atoms with Gasteiger partial charge in [-0.25, -0.2) is 9.18 Å². The van der Waals surface area contributed by atoms with Crippen molar-refractivity contribution < 1.29 is 14.3 Å². The van der Waals surface area contributed by atoms with E-state index < -0.39 is 11.8 Å². The van der Waals surface area contributed by atoms with Crippen molar-refractivity contribution in [2.75, 3.05) is 17.2 Å². The van der Waals surface area contributed by atoms with Crippen molar-refractivity contribution in [3.8, 4) is 0 Å². The van der Waals surface area contributed by atoms with Crippen LogP contribution in [0.1, 0.15) is 15.9 Å². The molecule has 0 saturated heterocycles. The highest BCUT2D eigenvalue weighted by molar-refractivity contribution is 5.95. The predicted octanol–water partition coefficient (Wildman–Crippen LogP) is 2.80. The molecule has 1 aliphatic rings. The van der Waals surface area contributed by atoms with Gasteiger partial charge in [0.25, 0.3) is 0 Å². The fourth-order valence-electron chi connectivity index (χ4n) is 2.56. The van der Waals surface area contributed by atoms with E-state index in [4.69, 9.17) is 10.8 Å². The summed E-state index contributed by atoms with van der Waals surface area (Å²) in [7, 11) is 0. The summed E-state index contributed by atoms with van der Waals surface area (Å²) >= 11 is 0. The Kier molecular flexibility index (Phi) is 2.82. The summed E-state index contributed by atoms with van der Waals surface area (Å²) in [5.74, 6) is -1.67. The van der Waals surface area contributed by atoms with Crippen molar-refractivity contribution in [1.82, 2.24) is 0 Å². The summed E-state index contributed by atoms with van der Waals surface area (Å²) in [6.45, 7) is 0.624. The quantitative estimate of drug-likeness (QED) is 0.825. The maximum absolute atomic E-state index is 14.1. The van der Waals surface area contributed by atoms with Crippen LogP contribution in [0.2, 0.25) is 0 Å². The molecule has 0 spiro atoms. The molecule has 4 nitrogen and oxygen atoms in total. The Morgan fingerprint density at radius 2 is 2.00 bits per heavy atom. The van der Waals surface area contributed by atoms with Crippen molar-refractivity contribution >= 4 is 23.0 Å². The van der Waals surface area contributed by atoms with Crippen LogP contribution in [-0.4, -0.2) is 17.6 Å². The average molecular weight is 272 g/mol. The summed E-state index contributed by atoms with van der Waals surface area (Å²) < 4.78 is 14.1. The minimum absolute atomic E-state index is 0.0637. The molecule has 2 aromatic carbocycles. The lowest BCUT2D eigenvalue weighted by Gasteiger charge is -2.21. The van der Waals surface area contributed by atoms with E-state index in [1.165, 1.54) is 6.07 Å². The minimum Gasteiger partial charge on any atom is -0.478 e. The molecule has 3 rings (SSSR count). The van der Waals surface area contributed by atoms with Gasteiger partial charge in [-0.05, 0) is 30.2 Å². The van der Waals surface area contributed by atoms with Gasteiger partial charge in [-0.3, -0.25) is 0 Å². The SMILES string of the molecule is Nc1cc(F)c(N2CCc3ccccc32)cc1C(=O)O. The van der Waals surface area contributed by atoms with E-state index in [1.54, 1.807) is 4.90 Å². The van der Waals surface area contributed by atoms with Crippen molar-refractivity contribution in [2.45, 2.75) is 6.42 Å². The average Bonchev–Trinajstić information content (AvgIpc) is 2.82. The molecule has 5 heteroatoms. The summed E-state index contributed by atoms with van der Waals surface area (Å²) in [4.78, 5) is 12.9. The number of nitrogens with zero attached hydrogens (tertiary/aromatic N) is 1. The number of hydrogen-bond acceptors (Lipinski definition) is 3. The molecule has 0 radical (unpaired) electrons. The van der Waals surface area contributed by atoms with Gasteiger partial charge >= 0.3 is 5.97 Å². The van der Waals surface area contributed by atoms with Crippen molar-refractivity contribution in [2.24, 2.45) is 0 Å². The number of carbonyl (C=O) groups is 1.